The number of benzene rings is 1. The zero-order valence-electron chi connectivity index (χ0n) is 17.5. The van der Waals surface area contributed by atoms with Gasteiger partial charge in [-0.05, 0) is 55.5 Å². The van der Waals surface area contributed by atoms with E-state index in [0.29, 0.717) is 29.4 Å². The number of anilines is 1. The van der Waals surface area contributed by atoms with Crippen LogP contribution in [0.3, 0.4) is 0 Å². The van der Waals surface area contributed by atoms with E-state index in [-0.39, 0.29) is 17.3 Å². The molecule has 33 heavy (non-hydrogen) atoms. The molecule has 2 aromatic heterocycles. The molecule has 0 bridgehead atoms. The molecule has 1 atom stereocenters. The second-order valence-electron chi connectivity index (χ2n) is 8.05. The quantitative estimate of drug-likeness (QED) is 0.436. The van der Waals surface area contributed by atoms with E-state index in [9.17, 15) is 23.1 Å². The van der Waals surface area contributed by atoms with Gasteiger partial charge in [-0.1, -0.05) is 11.6 Å². The van der Waals surface area contributed by atoms with Crippen LogP contribution in [0, 0.1) is 5.92 Å². The van der Waals surface area contributed by atoms with Crippen molar-refractivity contribution in [3.63, 3.8) is 0 Å². The van der Waals surface area contributed by atoms with Crippen LogP contribution in [0.15, 0.2) is 42.0 Å². The van der Waals surface area contributed by atoms with Crippen LogP contribution in [0.25, 0.3) is 10.9 Å². The Bertz CT molecular complexity index is 1100. The minimum absolute atomic E-state index is 0.122. The van der Waals surface area contributed by atoms with Crippen molar-refractivity contribution in [1.82, 2.24) is 14.9 Å². The van der Waals surface area contributed by atoms with Gasteiger partial charge in [0.05, 0.1) is 15.9 Å². The Morgan fingerprint density at radius 1 is 1.27 bits per heavy atom. The summed E-state index contributed by atoms with van der Waals surface area (Å²) in [5.41, 5.74) is 2.12. The van der Waals surface area contributed by atoms with E-state index in [1.165, 1.54) is 5.51 Å². The molecule has 3 aromatic rings. The topological polar surface area (TPSA) is 69.6 Å². The second-order valence-corrected chi connectivity index (χ2v) is 9.40. The molecule has 1 aliphatic rings. The largest absolute Gasteiger partial charge is 0.465 e. The summed E-state index contributed by atoms with van der Waals surface area (Å²) < 4.78 is 41.1. The van der Waals surface area contributed by atoms with Crippen molar-refractivity contribution in [3.05, 3.63) is 51.9 Å². The predicted octanol–water partition coefficient (Wildman–Crippen LogP) is 6.23. The molecular weight excluding hydrogens is 477 g/mol. The number of thiazole rings is 1. The van der Waals surface area contributed by atoms with E-state index in [4.69, 9.17) is 16.6 Å². The molecule has 1 aromatic carbocycles. The fraction of sp³-hybridized carbons (Fsp3) is 0.409. The Morgan fingerprint density at radius 3 is 2.67 bits per heavy atom. The number of aromatic nitrogens is 2. The van der Waals surface area contributed by atoms with E-state index in [0.717, 1.165) is 47.1 Å². The molecule has 1 aliphatic heterocycles. The van der Waals surface area contributed by atoms with Gasteiger partial charge >= 0.3 is 12.3 Å². The lowest BCUT2D eigenvalue weighted by Crippen LogP contribution is -2.43. The van der Waals surface area contributed by atoms with Crippen molar-refractivity contribution < 1.29 is 23.1 Å². The number of carbonyl (C=O) groups is 1. The molecule has 1 unspecified atom stereocenters. The molecule has 3 heterocycles. The predicted molar refractivity (Wildman–Crippen MR) is 122 cm³/mol. The average molecular weight is 499 g/mol. The number of amides is 1. The van der Waals surface area contributed by atoms with Crippen molar-refractivity contribution in [2.75, 3.05) is 24.5 Å². The summed E-state index contributed by atoms with van der Waals surface area (Å²) in [4.78, 5) is 22.6. The van der Waals surface area contributed by atoms with Gasteiger partial charge in [0.1, 0.15) is 5.82 Å². The highest BCUT2D eigenvalue weighted by Gasteiger charge is 2.47. The molecule has 1 saturated heterocycles. The Balaban J connectivity index is 1.38. The van der Waals surface area contributed by atoms with E-state index in [1.54, 1.807) is 6.07 Å². The van der Waals surface area contributed by atoms with E-state index in [1.807, 2.05) is 24.3 Å². The van der Waals surface area contributed by atoms with Gasteiger partial charge in [0, 0.05) is 36.2 Å². The molecule has 4 rings (SSSR count). The van der Waals surface area contributed by atoms with E-state index < -0.39 is 18.3 Å². The zero-order chi connectivity index (χ0) is 23.6. The average Bonchev–Trinajstić information content (AvgIpc) is 3.29. The summed E-state index contributed by atoms with van der Waals surface area (Å²) in [7, 11) is 0. The van der Waals surface area contributed by atoms with Gasteiger partial charge < -0.3 is 10.0 Å². The van der Waals surface area contributed by atoms with E-state index in [2.05, 4.69) is 9.88 Å². The van der Waals surface area contributed by atoms with Crippen LogP contribution in [0.5, 0.6) is 0 Å². The zero-order valence-corrected chi connectivity index (χ0v) is 19.1. The lowest BCUT2D eigenvalue weighted by Gasteiger charge is -2.35. The number of rotatable bonds is 6. The van der Waals surface area contributed by atoms with Gasteiger partial charge in [0.2, 0.25) is 0 Å². The molecule has 1 fully saturated rings. The first kappa shape index (κ1) is 23.6. The number of hydrogen-bond donors (Lipinski definition) is 1. The Labute approximate surface area is 197 Å². The highest BCUT2D eigenvalue weighted by Crippen LogP contribution is 2.40. The third kappa shape index (κ3) is 5.50. The summed E-state index contributed by atoms with van der Waals surface area (Å²) >= 11 is 6.83. The van der Waals surface area contributed by atoms with Crippen LogP contribution in [0.2, 0.25) is 5.02 Å². The number of nitrogens with zero attached hydrogens (tertiary/aromatic N) is 4. The molecule has 6 nitrogen and oxygen atoms in total. The molecular formula is C22H22ClF3N4O2S. The number of carboxylic acid groups (broad SMARTS) is 1. The number of pyridine rings is 1. The smallest absolute Gasteiger partial charge is 0.414 e. The number of piperidine rings is 1. The van der Waals surface area contributed by atoms with Crippen LogP contribution in [-0.2, 0) is 0 Å². The molecule has 1 amide bonds. The maximum atomic E-state index is 13.7. The highest BCUT2D eigenvalue weighted by atomic mass is 35.5. The molecule has 0 saturated carbocycles. The minimum atomic E-state index is -4.71. The molecule has 1 N–H and O–H groups in total. The maximum absolute atomic E-state index is 13.7. The van der Waals surface area contributed by atoms with Gasteiger partial charge in [-0.2, -0.15) is 13.2 Å². The van der Waals surface area contributed by atoms with Crippen molar-refractivity contribution in [3.8, 4) is 0 Å². The number of fused-ring (bicyclic) bond motifs is 1. The van der Waals surface area contributed by atoms with Crippen LogP contribution >= 0.6 is 22.9 Å². The van der Waals surface area contributed by atoms with Crippen LogP contribution in [0.4, 0.5) is 23.8 Å². The monoisotopic (exact) mass is 498 g/mol. The maximum Gasteiger partial charge on any atom is 0.414 e. The molecule has 176 valence electrons. The normalized spacial score (nSPS) is 16.2. The van der Waals surface area contributed by atoms with Crippen molar-refractivity contribution in [1.29, 1.82) is 0 Å². The molecule has 11 heteroatoms. The van der Waals surface area contributed by atoms with Crippen LogP contribution in [0.1, 0.15) is 30.2 Å². The fourth-order valence-electron chi connectivity index (χ4n) is 4.22. The molecule has 0 spiro atoms. The van der Waals surface area contributed by atoms with Gasteiger partial charge in [-0.25, -0.2) is 9.78 Å². The molecule has 0 aliphatic carbocycles. The number of halogens is 4. The summed E-state index contributed by atoms with van der Waals surface area (Å²) in [6.07, 6.45) is -3.32. The van der Waals surface area contributed by atoms with Gasteiger partial charge in [-0.15, -0.1) is 11.3 Å². The summed E-state index contributed by atoms with van der Waals surface area (Å²) in [5, 5.41) is 11.1. The minimum Gasteiger partial charge on any atom is -0.465 e. The second kappa shape index (κ2) is 9.72. The van der Waals surface area contributed by atoms with Crippen LogP contribution in [-0.4, -0.2) is 51.9 Å². The standard InChI is InChI=1S/C22H22ClF3N4O2S/c23-16-2-3-17-15(11-16)1-4-19(28-17)29-8-5-14(6-9-29)7-10-30(21(31)32)20(22(24,25)26)18-12-27-13-33-18/h1-4,11-14,20H,5-10H2,(H,31,32). The van der Waals surface area contributed by atoms with Gasteiger partial charge in [-0.3, -0.25) is 9.88 Å². The molecule has 0 radical (unpaired) electrons. The first-order chi connectivity index (χ1) is 15.7. The summed E-state index contributed by atoms with van der Waals surface area (Å²) in [5.74, 6) is 0.982. The fourth-order valence-corrected chi connectivity index (χ4v) is 5.16. The first-order valence-electron chi connectivity index (χ1n) is 10.5. The van der Waals surface area contributed by atoms with Crippen molar-refractivity contribution in [2.24, 2.45) is 5.92 Å². The Kier molecular flexibility index (Phi) is 6.94. The SMILES string of the molecule is O=C(O)N(CCC1CCN(c2ccc3cc(Cl)ccc3n2)CC1)C(c1cncs1)C(F)(F)F. The number of hydrogen-bond acceptors (Lipinski definition) is 5. The van der Waals surface area contributed by atoms with Crippen molar-refractivity contribution in [2.45, 2.75) is 31.5 Å². The lowest BCUT2D eigenvalue weighted by atomic mass is 9.93. The Hall–Kier alpha value is -2.59. The summed E-state index contributed by atoms with van der Waals surface area (Å²) in [6.45, 7) is 1.24. The van der Waals surface area contributed by atoms with Crippen LogP contribution < -0.4 is 4.90 Å². The first-order valence-corrected chi connectivity index (χ1v) is 11.7. The lowest BCUT2D eigenvalue weighted by molar-refractivity contribution is -0.180. The van der Waals surface area contributed by atoms with Crippen molar-refractivity contribution >= 4 is 45.8 Å². The third-order valence-electron chi connectivity index (χ3n) is 5.94. The third-order valence-corrected chi connectivity index (χ3v) is 7.00. The number of alkyl halides is 3. The van der Waals surface area contributed by atoms with E-state index >= 15 is 0 Å². The Morgan fingerprint density at radius 2 is 2.03 bits per heavy atom. The van der Waals surface area contributed by atoms with Gasteiger partial charge in [0.15, 0.2) is 6.04 Å². The van der Waals surface area contributed by atoms with Gasteiger partial charge in [0.25, 0.3) is 0 Å². The summed E-state index contributed by atoms with van der Waals surface area (Å²) in [6, 6.07) is 7.23. The highest BCUT2D eigenvalue weighted by molar-refractivity contribution is 7.09.